The van der Waals surface area contributed by atoms with E-state index in [1.54, 1.807) is 6.20 Å². The highest BCUT2D eigenvalue weighted by atomic mass is 79.9. The molecule has 0 unspecified atom stereocenters. The van der Waals surface area contributed by atoms with Gasteiger partial charge in [-0.2, -0.15) is 0 Å². The van der Waals surface area contributed by atoms with Crippen LogP contribution in [0.4, 0.5) is 5.82 Å². The van der Waals surface area contributed by atoms with Gasteiger partial charge in [-0.1, -0.05) is 0 Å². The van der Waals surface area contributed by atoms with Crippen LogP contribution in [0.1, 0.15) is 12.5 Å². The van der Waals surface area contributed by atoms with Crippen LogP contribution in [0.2, 0.25) is 0 Å². The zero-order valence-corrected chi connectivity index (χ0v) is 8.97. The Kier molecular flexibility index (Phi) is 3.25. The summed E-state index contributed by atoms with van der Waals surface area (Å²) in [6.45, 7) is 3.38. The largest absolute Gasteiger partial charge is 0.282 e. The number of nitrogens with zero attached hydrogens (tertiary/aromatic N) is 1. The second-order valence-electron chi connectivity index (χ2n) is 2.62. The molecule has 13 heavy (non-hydrogen) atoms. The van der Waals surface area contributed by atoms with Crippen LogP contribution in [0.5, 0.6) is 0 Å². The number of pyridine rings is 1. The summed E-state index contributed by atoms with van der Waals surface area (Å²) >= 11 is 3.33. The van der Waals surface area contributed by atoms with Crippen molar-refractivity contribution in [1.29, 1.82) is 0 Å². The van der Waals surface area contributed by atoms with Gasteiger partial charge in [-0.15, -0.1) is 0 Å². The highest BCUT2D eigenvalue weighted by Gasteiger charge is 1.98. The van der Waals surface area contributed by atoms with Crippen LogP contribution in [0, 0.1) is 6.92 Å². The van der Waals surface area contributed by atoms with Crippen LogP contribution >= 0.6 is 15.9 Å². The second-order valence-corrected chi connectivity index (χ2v) is 3.48. The number of aromatic nitrogens is 1. The van der Waals surface area contributed by atoms with Gasteiger partial charge in [0, 0.05) is 17.6 Å². The van der Waals surface area contributed by atoms with Crippen LogP contribution in [-0.2, 0) is 4.79 Å². The monoisotopic (exact) mass is 243 g/mol. The molecule has 0 fully saturated rings. The molecule has 1 amide bonds. The molecule has 0 bridgehead atoms. The predicted octanol–water partition coefficient (Wildman–Crippen LogP) is 1.62. The predicted molar refractivity (Wildman–Crippen MR) is 54.1 cm³/mol. The average molecular weight is 244 g/mol. The van der Waals surface area contributed by atoms with Crippen molar-refractivity contribution in [3.05, 3.63) is 22.3 Å². The number of aryl methyl sites for hydroxylation is 1. The molecule has 0 saturated carbocycles. The average Bonchev–Trinajstić information content (AvgIpc) is 2.07. The maximum Gasteiger partial charge on any atom is 0.235 e. The molecule has 1 heterocycles. The minimum Gasteiger partial charge on any atom is -0.282 e. The van der Waals surface area contributed by atoms with E-state index in [1.165, 1.54) is 6.92 Å². The summed E-state index contributed by atoms with van der Waals surface area (Å²) in [5.41, 5.74) is 6.18. The molecule has 0 aromatic carbocycles. The van der Waals surface area contributed by atoms with Crippen molar-refractivity contribution in [3.63, 3.8) is 0 Å². The van der Waals surface area contributed by atoms with Crippen LogP contribution in [-0.4, -0.2) is 10.9 Å². The summed E-state index contributed by atoms with van der Waals surface area (Å²) in [7, 11) is 0. The third-order valence-corrected chi connectivity index (χ3v) is 2.24. The molecule has 0 spiro atoms. The van der Waals surface area contributed by atoms with Gasteiger partial charge >= 0.3 is 0 Å². The molecule has 0 radical (unpaired) electrons. The standard InChI is InChI=1S/C8H10BrN3O/c1-5-3-8(10-4-7(5)9)12-11-6(2)13/h3-4H,1-2H3,(H,10,12)(H,11,13). The van der Waals surface area contributed by atoms with Gasteiger partial charge in [-0.25, -0.2) is 4.98 Å². The zero-order valence-electron chi connectivity index (χ0n) is 7.39. The summed E-state index contributed by atoms with van der Waals surface area (Å²) < 4.78 is 0.945. The highest BCUT2D eigenvalue weighted by molar-refractivity contribution is 9.10. The molecule has 5 heteroatoms. The van der Waals surface area contributed by atoms with Crippen LogP contribution in [0.15, 0.2) is 16.7 Å². The number of hydrazine groups is 1. The Hall–Kier alpha value is -1.10. The first-order chi connectivity index (χ1) is 6.09. The number of hydrogen-bond donors (Lipinski definition) is 2. The fourth-order valence-corrected chi connectivity index (χ4v) is 0.977. The zero-order chi connectivity index (χ0) is 9.84. The van der Waals surface area contributed by atoms with Crippen molar-refractivity contribution in [2.24, 2.45) is 0 Å². The first-order valence-corrected chi connectivity index (χ1v) is 4.53. The van der Waals surface area contributed by atoms with E-state index in [9.17, 15) is 4.79 Å². The van der Waals surface area contributed by atoms with E-state index in [2.05, 4.69) is 31.8 Å². The molecule has 1 aromatic rings. The van der Waals surface area contributed by atoms with Gasteiger partial charge in [0.1, 0.15) is 5.82 Å². The van der Waals surface area contributed by atoms with Crippen molar-refractivity contribution in [2.75, 3.05) is 5.43 Å². The molecule has 0 aliphatic heterocycles. The summed E-state index contributed by atoms with van der Waals surface area (Å²) in [6.07, 6.45) is 1.68. The van der Waals surface area contributed by atoms with Gasteiger partial charge < -0.3 is 0 Å². The number of anilines is 1. The SMILES string of the molecule is CC(=O)NNc1cc(C)c(Br)cn1. The maximum absolute atomic E-state index is 10.6. The van der Waals surface area contributed by atoms with Crippen molar-refractivity contribution in [1.82, 2.24) is 10.4 Å². The van der Waals surface area contributed by atoms with Crippen LogP contribution < -0.4 is 10.9 Å². The third kappa shape index (κ3) is 3.02. The number of amides is 1. The topological polar surface area (TPSA) is 54.0 Å². The van der Waals surface area contributed by atoms with Gasteiger partial charge in [0.05, 0.1) is 0 Å². The van der Waals surface area contributed by atoms with E-state index >= 15 is 0 Å². The molecule has 70 valence electrons. The molecule has 1 rings (SSSR count). The minimum absolute atomic E-state index is 0.151. The van der Waals surface area contributed by atoms with Gasteiger partial charge in [0.15, 0.2) is 0 Å². The summed E-state index contributed by atoms with van der Waals surface area (Å²) in [5.74, 6) is 0.471. The van der Waals surface area contributed by atoms with E-state index in [0.29, 0.717) is 5.82 Å². The Morgan fingerprint density at radius 1 is 1.62 bits per heavy atom. The number of halogens is 1. The van der Waals surface area contributed by atoms with E-state index in [-0.39, 0.29) is 5.91 Å². The number of carbonyl (C=O) groups excluding carboxylic acids is 1. The van der Waals surface area contributed by atoms with Crippen molar-refractivity contribution in [2.45, 2.75) is 13.8 Å². The van der Waals surface area contributed by atoms with E-state index in [1.807, 2.05) is 13.0 Å². The van der Waals surface area contributed by atoms with Crippen LogP contribution in [0.25, 0.3) is 0 Å². The van der Waals surface area contributed by atoms with Gasteiger partial charge in [0.25, 0.3) is 0 Å². The Morgan fingerprint density at radius 3 is 2.85 bits per heavy atom. The van der Waals surface area contributed by atoms with E-state index < -0.39 is 0 Å². The number of carbonyl (C=O) groups is 1. The van der Waals surface area contributed by atoms with Crippen molar-refractivity contribution < 1.29 is 4.79 Å². The third-order valence-electron chi connectivity index (χ3n) is 1.41. The lowest BCUT2D eigenvalue weighted by Crippen LogP contribution is -2.27. The maximum atomic E-state index is 10.6. The molecule has 0 aliphatic rings. The molecule has 1 aromatic heterocycles. The number of nitrogens with one attached hydrogen (secondary N) is 2. The lowest BCUT2D eigenvalue weighted by atomic mass is 10.3. The minimum atomic E-state index is -0.151. The van der Waals surface area contributed by atoms with E-state index in [4.69, 9.17) is 0 Å². The van der Waals surface area contributed by atoms with Gasteiger partial charge in [-0.05, 0) is 34.5 Å². The molecule has 4 nitrogen and oxygen atoms in total. The first-order valence-electron chi connectivity index (χ1n) is 3.74. The highest BCUT2D eigenvalue weighted by Crippen LogP contribution is 2.16. The summed E-state index contributed by atoms with van der Waals surface area (Å²) in [5, 5.41) is 0. The molecule has 2 N–H and O–H groups in total. The smallest absolute Gasteiger partial charge is 0.235 e. The lowest BCUT2D eigenvalue weighted by Gasteiger charge is -2.06. The van der Waals surface area contributed by atoms with Crippen LogP contribution in [0.3, 0.4) is 0 Å². The fourth-order valence-electron chi connectivity index (χ4n) is 0.760. The normalized spacial score (nSPS) is 9.46. The lowest BCUT2D eigenvalue weighted by molar-refractivity contribution is -0.118. The molecule has 0 saturated heterocycles. The Labute approximate surface area is 84.8 Å². The van der Waals surface area contributed by atoms with Gasteiger partial charge in [0.2, 0.25) is 5.91 Å². The van der Waals surface area contributed by atoms with Gasteiger partial charge in [-0.3, -0.25) is 15.6 Å². The Morgan fingerprint density at radius 2 is 2.31 bits per heavy atom. The number of hydrogen-bond acceptors (Lipinski definition) is 3. The Bertz CT molecular complexity index is 327. The second kappa shape index (κ2) is 4.23. The quantitative estimate of drug-likeness (QED) is 0.777. The molecular formula is C8H10BrN3O. The van der Waals surface area contributed by atoms with E-state index in [0.717, 1.165) is 10.0 Å². The first kappa shape index (κ1) is 9.98. The fraction of sp³-hybridized carbons (Fsp3) is 0.250. The molecule has 0 atom stereocenters. The number of rotatable bonds is 2. The van der Waals surface area contributed by atoms with Crippen molar-refractivity contribution in [3.8, 4) is 0 Å². The Balaban J connectivity index is 2.68. The van der Waals surface area contributed by atoms with Crippen molar-refractivity contribution >= 4 is 27.7 Å². The molecule has 0 aliphatic carbocycles. The summed E-state index contributed by atoms with van der Waals surface area (Å²) in [4.78, 5) is 14.6. The summed E-state index contributed by atoms with van der Waals surface area (Å²) in [6, 6.07) is 1.83. The molecular weight excluding hydrogens is 234 g/mol.